The Morgan fingerprint density at radius 3 is 2.68 bits per heavy atom. The number of hydrogen-bond acceptors (Lipinski definition) is 8. The minimum Gasteiger partial charge on any atom is -0.467 e. The fourth-order valence-electron chi connectivity index (χ4n) is 3.75. The highest BCUT2D eigenvalue weighted by Crippen LogP contribution is 2.39. The summed E-state index contributed by atoms with van der Waals surface area (Å²) in [5.41, 5.74) is 2.04. The number of nitrogens with zero attached hydrogens (tertiary/aromatic N) is 3. The van der Waals surface area contributed by atoms with Gasteiger partial charge in [0.1, 0.15) is 17.1 Å². The largest absolute Gasteiger partial charge is 0.467 e. The maximum Gasteiger partial charge on any atom is 0.262 e. The van der Waals surface area contributed by atoms with Gasteiger partial charge in [-0.2, -0.15) is 10.1 Å². The Bertz CT molecular complexity index is 1280. The first kappa shape index (κ1) is 22.3. The fourth-order valence-corrected chi connectivity index (χ4v) is 5.54. The molecule has 0 saturated carbocycles. The summed E-state index contributed by atoms with van der Waals surface area (Å²) in [5, 5.41) is 11.1. The van der Waals surface area contributed by atoms with E-state index in [1.807, 2.05) is 29.6 Å². The lowest BCUT2D eigenvalue weighted by atomic mass is 10.1. The van der Waals surface area contributed by atoms with Crippen LogP contribution in [0.5, 0.6) is 0 Å². The third-order valence-electron chi connectivity index (χ3n) is 5.46. The van der Waals surface area contributed by atoms with Gasteiger partial charge in [0.05, 0.1) is 16.9 Å². The van der Waals surface area contributed by atoms with Gasteiger partial charge in [0.25, 0.3) is 5.91 Å². The van der Waals surface area contributed by atoms with Gasteiger partial charge in [0.2, 0.25) is 5.91 Å². The number of carbonyl (C=O) groups is 3. The molecular weight excluding hydrogens is 472 g/mol. The predicted molar refractivity (Wildman–Crippen MR) is 132 cm³/mol. The second-order valence-corrected chi connectivity index (χ2v) is 9.95. The van der Waals surface area contributed by atoms with E-state index in [1.54, 1.807) is 46.9 Å². The summed E-state index contributed by atoms with van der Waals surface area (Å²) in [6.45, 7) is 1.48. The first-order valence-electron chi connectivity index (χ1n) is 10.6. The smallest absolute Gasteiger partial charge is 0.262 e. The van der Waals surface area contributed by atoms with Crippen molar-refractivity contribution in [1.29, 1.82) is 0 Å². The number of benzene rings is 1. The normalized spacial score (nSPS) is 19.8. The molecule has 2 aliphatic heterocycles. The van der Waals surface area contributed by atoms with Crippen LogP contribution in [0.2, 0.25) is 0 Å². The SMILES string of the molecule is CC(=O)c1ccc(NC(=O)C[C@@H]2SC(N3N=C(c4cccs4)C[C@@H]3c3ccco3)=NC2=O)cc1. The van der Waals surface area contributed by atoms with Crippen molar-refractivity contribution in [2.45, 2.75) is 31.1 Å². The van der Waals surface area contributed by atoms with Gasteiger partial charge < -0.3 is 9.73 Å². The van der Waals surface area contributed by atoms with Crippen LogP contribution in [0, 0.1) is 0 Å². The highest BCUT2D eigenvalue weighted by atomic mass is 32.2. The van der Waals surface area contributed by atoms with Crippen LogP contribution in [0.1, 0.15) is 46.8 Å². The third kappa shape index (κ3) is 4.59. The fraction of sp³-hybridized carbons (Fsp3) is 0.208. The predicted octanol–water partition coefficient (Wildman–Crippen LogP) is 4.72. The van der Waals surface area contributed by atoms with Crippen molar-refractivity contribution in [1.82, 2.24) is 5.01 Å². The van der Waals surface area contributed by atoms with Gasteiger partial charge in [-0.15, -0.1) is 11.3 Å². The number of carbonyl (C=O) groups excluding carboxylic acids is 3. The second-order valence-electron chi connectivity index (χ2n) is 7.83. The third-order valence-corrected chi connectivity index (χ3v) is 7.52. The van der Waals surface area contributed by atoms with E-state index < -0.39 is 5.25 Å². The number of rotatable bonds is 6. The molecule has 0 fully saturated rings. The van der Waals surface area contributed by atoms with E-state index in [-0.39, 0.29) is 30.1 Å². The van der Waals surface area contributed by atoms with E-state index >= 15 is 0 Å². The maximum atomic E-state index is 12.6. The molecule has 0 radical (unpaired) electrons. The van der Waals surface area contributed by atoms with E-state index in [1.165, 1.54) is 18.7 Å². The number of anilines is 1. The zero-order chi connectivity index (χ0) is 23.7. The van der Waals surface area contributed by atoms with Crippen LogP contribution >= 0.6 is 23.1 Å². The van der Waals surface area contributed by atoms with E-state index in [2.05, 4.69) is 10.3 Å². The molecule has 0 saturated heterocycles. The van der Waals surface area contributed by atoms with Gasteiger partial charge in [-0.3, -0.25) is 14.4 Å². The van der Waals surface area contributed by atoms with Crippen molar-refractivity contribution in [3.63, 3.8) is 0 Å². The van der Waals surface area contributed by atoms with Gasteiger partial charge in [-0.1, -0.05) is 17.8 Å². The molecule has 2 amide bonds. The molecular formula is C24H20N4O4S2. The summed E-state index contributed by atoms with van der Waals surface area (Å²) in [6, 6.07) is 14.1. The molecule has 1 aromatic carbocycles. The molecule has 5 rings (SSSR count). The topological polar surface area (TPSA) is 104 Å². The number of hydrazone groups is 1. The molecule has 3 aromatic rings. The van der Waals surface area contributed by atoms with Crippen LogP contribution in [-0.4, -0.2) is 38.7 Å². The number of Topliss-reactive ketones (excluding diaryl/α,β-unsaturated/α-hetero) is 1. The Kier molecular flexibility index (Phi) is 6.16. The van der Waals surface area contributed by atoms with Crippen molar-refractivity contribution < 1.29 is 18.8 Å². The molecule has 2 aliphatic rings. The highest BCUT2D eigenvalue weighted by Gasteiger charge is 2.40. The molecule has 2 aromatic heterocycles. The van der Waals surface area contributed by atoms with Crippen molar-refractivity contribution in [3.05, 3.63) is 76.4 Å². The lowest BCUT2D eigenvalue weighted by molar-refractivity contribution is -0.121. The number of hydrogen-bond donors (Lipinski definition) is 1. The van der Waals surface area contributed by atoms with Crippen molar-refractivity contribution >= 4 is 57.3 Å². The van der Waals surface area contributed by atoms with Gasteiger partial charge in [0.15, 0.2) is 11.0 Å². The van der Waals surface area contributed by atoms with Crippen LogP contribution in [-0.2, 0) is 9.59 Å². The molecule has 2 atom stereocenters. The van der Waals surface area contributed by atoms with E-state index in [9.17, 15) is 14.4 Å². The lowest BCUT2D eigenvalue weighted by Crippen LogP contribution is -2.25. The van der Waals surface area contributed by atoms with Crippen LogP contribution < -0.4 is 5.32 Å². The molecule has 1 N–H and O–H groups in total. The zero-order valence-electron chi connectivity index (χ0n) is 18.1. The van der Waals surface area contributed by atoms with Crippen LogP contribution in [0.25, 0.3) is 0 Å². The number of amides is 2. The van der Waals surface area contributed by atoms with E-state index in [0.717, 1.165) is 16.3 Å². The molecule has 34 heavy (non-hydrogen) atoms. The summed E-state index contributed by atoms with van der Waals surface area (Å²) in [4.78, 5) is 41.9. The summed E-state index contributed by atoms with van der Waals surface area (Å²) in [7, 11) is 0. The summed E-state index contributed by atoms with van der Waals surface area (Å²) in [6.07, 6.45) is 2.22. The van der Waals surface area contributed by atoms with E-state index in [0.29, 0.717) is 22.8 Å². The Morgan fingerprint density at radius 1 is 1.18 bits per heavy atom. The first-order valence-corrected chi connectivity index (χ1v) is 12.4. The molecule has 8 nitrogen and oxygen atoms in total. The summed E-state index contributed by atoms with van der Waals surface area (Å²) in [5.74, 6) is 0.0288. The lowest BCUT2D eigenvalue weighted by Gasteiger charge is -2.20. The Labute approximate surface area is 203 Å². The van der Waals surface area contributed by atoms with Crippen molar-refractivity contribution in [2.24, 2.45) is 10.1 Å². The Morgan fingerprint density at radius 2 is 2.00 bits per heavy atom. The monoisotopic (exact) mass is 492 g/mol. The molecule has 172 valence electrons. The van der Waals surface area contributed by atoms with Crippen molar-refractivity contribution in [3.8, 4) is 0 Å². The molecule has 0 bridgehead atoms. The van der Waals surface area contributed by atoms with Gasteiger partial charge in [-0.25, -0.2) is 5.01 Å². The van der Waals surface area contributed by atoms with Crippen LogP contribution in [0.4, 0.5) is 5.69 Å². The quantitative estimate of drug-likeness (QED) is 0.499. The number of thioether (sulfide) groups is 1. The molecule has 4 heterocycles. The first-order chi connectivity index (χ1) is 16.5. The van der Waals surface area contributed by atoms with Crippen molar-refractivity contribution in [2.75, 3.05) is 5.32 Å². The number of thiophene rings is 1. The standard InChI is InChI=1S/C24H20N4O4S2/c1-14(29)15-6-8-16(9-7-15)25-22(30)13-21-23(31)26-24(34-21)28-18(19-4-2-10-32-19)12-17(27-28)20-5-3-11-33-20/h2-11,18,21H,12-13H2,1H3,(H,25,30)/t18-,21+/m1/s1. The molecule has 10 heteroatoms. The minimum absolute atomic E-state index is 0.0221. The number of amidine groups is 1. The van der Waals surface area contributed by atoms with Gasteiger partial charge >= 0.3 is 0 Å². The maximum absolute atomic E-state index is 12.6. The number of ketones is 1. The average Bonchev–Trinajstić information content (AvgIpc) is 3.61. The number of nitrogens with one attached hydrogen (secondary N) is 1. The summed E-state index contributed by atoms with van der Waals surface area (Å²) < 4.78 is 5.63. The molecule has 0 spiro atoms. The summed E-state index contributed by atoms with van der Waals surface area (Å²) >= 11 is 2.84. The second kappa shape index (κ2) is 9.40. The number of aliphatic imine (C=N–C) groups is 1. The van der Waals surface area contributed by atoms with E-state index in [4.69, 9.17) is 9.52 Å². The molecule has 0 aliphatic carbocycles. The van der Waals surface area contributed by atoms with Gasteiger partial charge in [-0.05, 0) is 54.8 Å². The zero-order valence-corrected chi connectivity index (χ0v) is 19.8. The average molecular weight is 493 g/mol. The number of furan rings is 1. The Balaban J connectivity index is 1.27. The highest BCUT2D eigenvalue weighted by molar-refractivity contribution is 8.15. The molecule has 0 unspecified atom stereocenters. The Hall–Kier alpha value is -3.50. The minimum atomic E-state index is -0.635. The van der Waals surface area contributed by atoms with Crippen LogP contribution in [0.3, 0.4) is 0 Å². The van der Waals surface area contributed by atoms with Crippen LogP contribution in [0.15, 0.2) is 74.7 Å². The van der Waals surface area contributed by atoms with Gasteiger partial charge in [0, 0.05) is 24.1 Å².